The van der Waals surface area contributed by atoms with Crippen LogP contribution in [-0.4, -0.2) is 6.61 Å². The fraction of sp³-hybridized carbons (Fsp3) is 0.538. The lowest BCUT2D eigenvalue weighted by molar-refractivity contribution is 0.175. The lowest BCUT2D eigenvalue weighted by atomic mass is 9.86. The second kappa shape index (κ2) is 4.65. The van der Waals surface area contributed by atoms with E-state index in [2.05, 4.69) is 6.92 Å². The summed E-state index contributed by atoms with van der Waals surface area (Å²) >= 11 is 0. The zero-order chi connectivity index (χ0) is 10.7. The third kappa shape index (κ3) is 2.49. The molecule has 1 aromatic rings. The first kappa shape index (κ1) is 10.5. The summed E-state index contributed by atoms with van der Waals surface area (Å²) in [7, 11) is 0. The van der Waals surface area contributed by atoms with Gasteiger partial charge in [-0.2, -0.15) is 0 Å². The van der Waals surface area contributed by atoms with Crippen LogP contribution in [0.25, 0.3) is 0 Å². The number of rotatable bonds is 4. The van der Waals surface area contributed by atoms with Gasteiger partial charge in [0.25, 0.3) is 0 Å². The Hall–Kier alpha value is -1.05. The zero-order valence-electron chi connectivity index (χ0n) is 9.13. The van der Waals surface area contributed by atoms with Crippen LogP contribution in [0, 0.1) is 11.7 Å². The average molecular weight is 208 g/mol. The van der Waals surface area contributed by atoms with Crippen LogP contribution >= 0.6 is 0 Å². The van der Waals surface area contributed by atoms with Crippen molar-refractivity contribution < 1.29 is 9.13 Å². The highest BCUT2D eigenvalue weighted by molar-refractivity contribution is 5.30. The van der Waals surface area contributed by atoms with Gasteiger partial charge in [0, 0.05) is 0 Å². The first-order chi connectivity index (χ1) is 7.29. The molecule has 0 unspecified atom stereocenters. The Morgan fingerprint density at radius 2 is 2.20 bits per heavy atom. The SMILES string of the molecule is CCc1ccc(F)c(OCC2CCC2)c1. The number of hydrogen-bond donors (Lipinski definition) is 0. The number of aryl methyl sites for hydroxylation is 1. The molecule has 1 aromatic carbocycles. The summed E-state index contributed by atoms with van der Waals surface area (Å²) in [6.07, 6.45) is 4.68. The van der Waals surface area contributed by atoms with E-state index in [0.29, 0.717) is 18.3 Å². The van der Waals surface area contributed by atoms with Crippen molar-refractivity contribution >= 4 is 0 Å². The molecule has 0 bridgehead atoms. The molecule has 1 saturated carbocycles. The molecule has 1 aliphatic rings. The number of ether oxygens (including phenoxy) is 1. The van der Waals surface area contributed by atoms with Crippen LogP contribution in [0.3, 0.4) is 0 Å². The van der Waals surface area contributed by atoms with Gasteiger partial charge in [0.15, 0.2) is 11.6 Å². The first-order valence-electron chi connectivity index (χ1n) is 5.71. The van der Waals surface area contributed by atoms with E-state index in [4.69, 9.17) is 4.74 Å². The largest absolute Gasteiger partial charge is 0.490 e. The zero-order valence-corrected chi connectivity index (χ0v) is 9.13. The minimum atomic E-state index is -0.244. The molecule has 1 nitrogen and oxygen atoms in total. The summed E-state index contributed by atoms with van der Waals surface area (Å²) < 4.78 is 18.9. The molecule has 0 aliphatic heterocycles. The van der Waals surface area contributed by atoms with Gasteiger partial charge < -0.3 is 4.74 Å². The van der Waals surface area contributed by atoms with E-state index in [1.807, 2.05) is 12.1 Å². The Balaban J connectivity index is 1.98. The van der Waals surface area contributed by atoms with Crippen LogP contribution in [0.15, 0.2) is 18.2 Å². The molecular weight excluding hydrogens is 191 g/mol. The van der Waals surface area contributed by atoms with E-state index in [1.54, 1.807) is 0 Å². The third-order valence-electron chi connectivity index (χ3n) is 3.10. The summed E-state index contributed by atoms with van der Waals surface area (Å²) in [6, 6.07) is 5.12. The van der Waals surface area contributed by atoms with Crippen molar-refractivity contribution in [2.45, 2.75) is 32.6 Å². The number of benzene rings is 1. The van der Waals surface area contributed by atoms with Crippen LogP contribution in [-0.2, 0) is 6.42 Å². The van der Waals surface area contributed by atoms with Crippen LogP contribution in [0.5, 0.6) is 5.75 Å². The monoisotopic (exact) mass is 208 g/mol. The minimum absolute atomic E-state index is 0.244. The second-order valence-corrected chi connectivity index (χ2v) is 4.23. The fourth-order valence-electron chi connectivity index (χ4n) is 1.75. The molecule has 2 heteroatoms. The molecule has 2 rings (SSSR count). The van der Waals surface area contributed by atoms with E-state index in [1.165, 1.54) is 25.3 Å². The highest BCUT2D eigenvalue weighted by Crippen LogP contribution is 2.28. The van der Waals surface area contributed by atoms with Crippen LogP contribution < -0.4 is 4.74 Å². The Kier molecular flexibility index (Phi) is 3.24. The van der Waals surface area contributed by atoms with Crippen LogP contribution in [0.2, 0.25) is 0 Å². The van der Waals surface area contributed by atoms with Crippen LogP contribution in [0.4, 0.5) is 4.39 Å². The Bertz CT molecular complexity index is 331. The summed E-state index contributed by atoms with van der Waals surface area (Å²) in [5.41, 5.74) is 1.13. The van der Waals surface area contributed by atoms with Gasteiger partial charge in [-0.3, -0.25) is 0 Å². The lowest BCUT2D eigenvalue weighted by Crippen LogP contribution is -2.19. The lowest BCUT2D eigenvalue weighted by Gasteiger charge is -2.25. The first-order valence-corrected chi connectivity index (χ1v) is 5.71. The van der Waals surface area contributed by atoms with E-state index < -0.39 is 0 Å². The molecule has 15 heavy (non-hydrogen) atoms. The molecule has 0 heterocycles. The number of hydrogen-bond acceptors (Lipinski definition) is 1. The summed E-state index contributed by atoms with van der Waals surface area (Å²) in [6.45, 7) is 2.73. The Morgan fingerprint density at radius 1 is 1.40 bits per heavy atom. The Labute approximate surface area is 90.3 Å². The fourth-order valence-corrected chi connectivity index (χ4v) is 1.75. The average Bonchev–Trinajstić information content (AvgIpc) is 2.18. The van der Waals surface area contributed by atoms with E-state index in [-0.39, 0.29) is 5.82 Å². The molecular formula is C13H17FO. The van der Waals surface area contributed by atoms with Crippen molar-refractivity contribution in [3.63, 3.8) is 0 Å². The molecule has 0 saturated heterocycles. The topological polar surface area (TPSA) is 9.23 Å². The normalized spacial score (nSPS) is 16.1. The quantitative estimate of drug-likeness (QED) is 0.735. The predicted molar refractivity (Wildman–Crippen MR) is 58.6 cm³/mol. The molecule has 0 atom stereocenters. The summed E-state index contributed by atoms with van der Waals surface area (Å²) in [5.74, 6) is 0.822. The second-order valence-electron chi connectivity index (χ2n) is 4.23. The van der Waals surface area contributed by atoms with Crippen molar-refractivity contribution in [1.29, 1.82) is 0 Å². The maximum atomic E-state index is 13.4. The molecule has 0 aromatic heterocycles. The predicted octanol–water partition coefficient (Wildman–Crippen LogP) is 3.57. The smallest absolute Gasteiger partial charge is 0.165 e. The van der Waals surface area contributed by atoms with Gasteiger partial charge in [-0.05, 0) is 42.9 Å². The number of halogens is 1. The minimum Gasteiger partial charge on any atom is -0.490 e. The van der Waals surface area contributed by atoms with Gasteiger partial charge in [-0.25, -0.2) is 4.39 Å². The molecule has 82 valence electrons. The molecule has 0 spiro atoms. The van der Waals surface area contributed by atoms with Crippen molar-refractivity contribution in [1.82, 2.24) is 0 Å². The van der Waals surface area contributed by atoms with E-state index in [9.17, 15) is 4.39 Å². The van der Waals surface area contributed by atoms with Crippen molar-refractivity contribution in [2.24, 2.45) is 5.92 Å². The molecule has 0 amide bonds. The maximum Gasteiger partial charge on any atom is 0.165 e. The van der Waals surface area contributed by atoms with Crippen molar-refractivity contribution in [3.05, 3.63) is 29.6 Å². The van der Waals surface area contributed by atoms with Gasteiger partial charge in [-0.1, -0.05) is 19.4 Å². The molecule has 1 fully saturated rings. The van der Waals surface area contributed by atoms with Crippen molar-refractivity contribution in [2.75, 3.05) is 6.61 Å². The molecule has 0 radical (unpaired) electrons. The van der Waals surface area contributed by atoms with Crippen LogP contribution in [0.1, 0.15) is 31.7 Å². The van der Waals surface area contributed by atoms with E-state index >= 15 is 0 Å². The van der Waals surface area contributed by atoms with Gasteiger partial charge in [0.2, 0.25) is 0 Å². The van der Waals surface area contributed by atoms with E-state index in [0.717, 1.165) is 12.0 Å². The van der Waals surface area contributed by atoms with Gasteiger partial charge in [0.1, 0.15) is 0 Å². The highest BCUT2D eigenvalue weighted by Gasteiger charge is 2.18. The summed E-state index contributed by atoms with van der Waals surface area (Å²) in [4.78, 5) is 0. The van der Waals surface area contributed by atoms with Crippen molar-refractivity contribution in [3.8, 4) is 5.75 Å². The molecule has 0 N–H and O–H groups in total. The van der Waals surface area contributed by atoms with Gasteiger partial charge in [0.05, 0.1) is 6.61 Å². The third-order valence-corrected chi connectivity index (χ3v) is 3.10. The maximum absolute atomic E-state index is 13.4. The molecule has 1 aliphatic carbocycles. The highest BCUT2D eigenvalue weighted by atomic mass is 19.1. The standard InChI is InChI=1S/C13H17FO/c1-2-10-6-7-12(14)13(8-10)15-9-11-4-3-5-11/h6-8,11H,2-5,9H2,1H3. The van der Waals surface area contributed by atoms with Gasteiger partial charge in [-0.15, -0.1) is 0 Å². The summed E-state index contributed by atoms with van der Waals surface area (Å²) in [5, 5.41) is 0. The van der Waals surface area contributed by atoms with Gasteiger partial charge >= 0.3 is 0 Å². The Morgan fingerprint density at radius 3 is 2.80 bits per heavy atom.